The number of carbonyl (C=O) groups is 1. The molecule has 17 heavy (non-hydrogen) atoms. The summed E-state index contributed by atoms with van der Waals surface area (Å²) in [5.41, 5.74) is -0.629. The third-order valence-corrected chi connectivity index (χ3v) is 4.83. The molecule has 1 fully saturated rings. The van der Waals surface area contributed by atoms with Crippen molar-refractivity contribution in [1.29, 1.82) is 0 Å². The van der Waals surface area contributed by atoms with E-state index in [0.29, 0.717) is 12.8 Å². The first-order chi connectivity index (χ1) is 7.82. The first-order valence-electron chi connectivity index (χ1n) is 5.41. The zero-order chi connectivity index (χ0) is 13.3. The van der Waals surface area contributed by atoms with Gasteiger partial charge < -0.3 is 14.2 Å². The summed E-state index contributed by atoms with van der Waals surface area (Å²) in [5.74, 6) is -0.897. The fourth-order valence-corrected chi connectivity index (χ4v) is 3.02. The van der Waals surface area contributed by atoms with E-state index in [0.717, 1.165) is 0 Å². The van der Waals surface area contributed by atoms with Gasteiger partial charge >= 0.3 is 5.97 Å². The molecule has 1 saturated carbocycles. The molecule has 1 aliphatic rings. The fraction of sp³-hybridized carbons (Fsp3) is 0.909. The molecule has 0 radical (unpaired) electrons. The molecule has 0 atom stereocenters. The lowest BCUT2D eigenvalue weighted by atomic mass is 9.65. The van der Waals surface area contributed by atoms with Crippen LogP contribution in [0.1, 0.15) is 26.7 Å². The average Bonchev–Trinajstić information content (AvgIpc) is 2.16. The van der Waals surface area contributed by atoms with Crippen LogP contribution in [0.25, 0.3) is 0 Å². The van der Waals surface area contributed by atoms with Crippen molar-refractivity contribution in [2.24, 2.45) is 5.41 Å². The molecule has 0 aromatic heterocycles. The third kappa shape index (κ3) is 2.85. The van der Waals surface area contributed by atoms with Gasteiger partial charge in [-0.25, -0.2) is 0 Å². The number of hydrogen-bond acceptors (Lipinski definition) is 4. The van der Waals surface area contributed by atoms with E-state index in [1.165, 1.54) is 0 Å². The molecule has 0 aromatic carbocycles. The second kappa shape index (κ2) is 5.55. The molecule has 1 rings (SSSR count). The highest BCUT2D eigenvalue weighted by atomic mass is 79.9. The quantitative estimate of drug-likeness (QED) is 0.422. The Morgan fingerprint density at radius 1 is 1.18 bits per heavy atom. The van der Waals surface area contributed by atoms with Gasteiger partial charge in [0, 0.05) is 27.1 Å². The number of alkyl halides is 2. The number of carbonyl (C=O) groups excluding carboxylic acids is 1. The Morgan fingerprint density at radius 2 is 1.65 bits per heavy atom. The Hall–Kier alpha value is 0.350. The summed E-state index contributed by atoms with van der Waals surface area (Å²) < 4.78 is 15.8. The van der Waals surface area contributed by atoms with Gasteiger partial charge in [0.05, 0.1) is 9.84 Å². The van der Waals surface area contributed by atoms with Gasteiger partial charge in [-0.3, -0.25) is 4.79 Å². The van der Waals surface area contributed by atoms with E-state index in [1.54, 1.807) is 14.2 Å². The molecule has 0 spiro atoms. The van der Waals surface area contributed by atoms with Crippen LogP contribution in [0.15, 0.2) is 0 Å². The van der Waals surface area contributed by atoms with Crippen LogP contribution >= 0.6 is 31.9 Å². The van der Waals surface area contributed by atoms with Crippen molar-refractivity contribution in [3.05, 3.63) is 0 Å². The highest BCUT2D eigenvalue weighted by molar-refractivity contribution is 9.24. The minimum absolute atomic E-state index is 0.127. The van der Waals surface area contributed by atoms with Crippen LogP contribution in [0.5, 0.6) is 0 Å². The maximum Gasteiger partial charge on any atom is 0.314 e. The predicted molar refractivity (Wildman–Crippen MR) is 71.3 cm³/mol. The van der Waals surface area contributed by atoms with Gasteiger partial charge in [-0.1, -0.05) is 31.9 Å². The summed E-state index contributed by atoms with van der Waals surface area (Å²) >= 11 is 6.83. The van der Waals surface area contributed by atoms with E-state index in [1.807, 2.05) is 13.8 Å². The highest BCUT2D eigenvalue weighted by Crippen LogP contribution is 2.57. The monoisotopic (exact) mass is 372 g/mol. The van der Waals surface area contributed by atoms with E-state index >= 15 is 0 Å². The summed E-state index contributed by atoms with van der Waals surface area (Å²) in [6.45, 7) is 3.67. The van der Waals surface area contributed by atoms with Crippen LogP contribution in [0.2, 0.25) is 0 Å². The van der Waals surface area contributed by atoms with Crippen LogP contribution < -0.4 is 0 Å². The number of halogens is 2. The van der Waals surface area contributed by atoms with Crippen molar-refractivity contribution in [3.63, 3.8) is 0 Å². The first-order valence-corrected chi connectivity index (χ1v) is 7.24. The second-order valence-electron chi connectivity index (χ2n) is 4.58. The summed E-state index contributed by atoms with van der Waals surface area (Å²) in [5, 5.41) is 0. The highest BCUT2D eigenvalue weighted by Gasteiger charge is 2.64. The van der Waals surface area contributed by atoms with Crippen molar-refractivity contribution in [2.75, 3.05) is 14.2 Å². The molecule has 4 nitrogen and oxygen atoms in total. The van der Waals surface area contributed by atoms with E-state index < -0.39 is 11.2 Å². The van der Waals surface area contributed by atoms with Crippen LogP contribution in [0, 0.1) is 5.41 Å². The second-order valence-corrected chi connectivity index (χ2v) is 7.64. The van der Waals surface area contributed by atoms with Crippen molar-refractivity contribution in [3.8, 4) is 0 Å². The minimum atomic E-state index is -0.671. The largest absolute Gasteiger partial charge is 0.462 e. The fourth-order valence-electron chi connectivity index (χ4n) is 2.00. The van der Waals surface area contributed by atoms with Gasteiger partial charge in [0.1, 0.15) is 5.41 Å². The Kier molecular flexibility index (Phi) is 5.03. The Bertz CT molecular complexity index is 279. The molecule has 0 bridgehead atoms. The van der Waals surface area contributed by atoms with Crippen molar-refractivity contribution >= 4 is 37.8 Å². The average molecular weight is 374 g/mol. The standard InChI is InChI=1S/C11H18Br2O4/c1-7(2)17-9(14)10(8(12)13)5-11(6-10,15-3)16-4/h7-8H,5-6H2,1-4H3. The van der Waals surface area contributed by atoms with Gasteiger partial charge in [0.15, 0.2) is 5.79 Å². The van der Waals surface area contributed by atoms with E-state index in [2.05, 4.69) is 31.9 Å². The number of methoxy groups -OCH3 is 2. The lowest BCUT2D eigenvalue weighted by Gasteiger charge is -2.53. The maximum absolute atomic E-state index is 12.1. The van der Waals surface area contributed by atoms with Gasteiger partial charge in [0.2, 0.25) is 0 Å². The third-order valence-electron chi connectivity index (χ3n) is 3.08. The Balaban J connectivity index is 2.79. The summed E-state index contributed by atoms with van der Waals surface area (Å²) in [7, 11) is 3.16. The normalized spacial score (nSPS) is 21.4. The number of hydrogen-bond donors (Lipinski definition) is 0. The van der Waals surface area contributed by atoms with E-state index in [-0.39, 0.29) is 15.8 Å². The van der Waals surface area contributed by atoms with Crippen molar-refractivity contribution < 1.29 is 19.0 Å². The number of rotatable bonds is 5. The zero-order valence-electron chi connectivity index (χ0n) is 10.5. The van der Waals surface area contributed by atoms with Crippen LogP contribution in [0.4, 0.5) is 0 Å². The topological polar surface area (TPSA) is 44.8 Å². The van der Waals surface area contributed by atoms with Crippen LogP contribution in [-0.4, -0.2) is 35.8 Å². The SMILES string of the molecule is COC1(OC)CC(C(=O)OC(C)C)(C(Br)Br)C1. The molecule has 0 unspecified atom stereocenters. The molecular weight excluding hydrogens is 356 g/mol. The molecular formula is C11H18Br2O4. The molecule has 100 valence electrons. The summed E-state index contributed by atoms with van der Waals surface area (Å²) in [6, 6.07) is 0. The molecule has 1 aliphatic carbocycles. The predicted octanol–water partition coefficient (Wildman–Crippen LogP) is 2.82. The van der Waals surface area contributed by atoms with Crippen LogP contribution in [-0.2, 0) is 19.0 Å². The van der Waals surface area contributed by atoms with E-state index in [4.69, 9.17) is 14.2 Å². The molecule has 6 heteroatoms. The van der Waals surface area contributed by atoms with Gasteiger partial charge in [-0.15, -0.1) is 0 Å². The van der Waals surface area contributed by atoms with Crippen molar-refractivity contribution in [1.82, 2.24) is 0 Å². The lowest BCUT2D eigenvalue weighted by molar-refractivity contribution is -0.292. The Morgan fingerprint density at radius 3 is 1.94 bits per heavy atom. The Labute approximate surface area is 119 Å². The maximum atomic E-state index is 12.1. The summed E-state index contributed by atoms with van der Waals surface area (Å²) in [4.78, 5) is 12.1. The van der Waals surface area contributed by atoms with Gasteiger partial charge in [0.25, 0.3) is 0 Å². The number of esters is 1. The van der Waals surface area contributed by atoms with Crippen molar-refractivity contribution in [2.45, 2.75) is 42.3 Å². The molecule has 0 N–H and O–H groups in total. The smallest absolute Gasteiger partial charge is 0.314 e. The minimum Gasteiger partial charge on any atom is -0.462 e. The van der Waals surface area contributed by atoms with E-state index in [9.17, 15) is 4.79 Å². The van der Waals surface area contributed by atoms with Crippen LogP contribution in [0.3, 0.4) is 0 Å². The molecule has 0 aliphatic heterocycles. The molecule has 0 amide bonds. The van der Waals surface area contributed by atoms with Gasteiger partial charge in [-0.2, -0.15) is 0 Å². The zero-order valence-corrected chi connectivity index (χ0v) is 13.6. The molecule has 0 aromatic rings. The first kappa shape index (κ1) is 15.4. The molecule has 0 saturated heterocycles. The lowest BCUT2D eigenvalue weighted by Crippen LogP contribution is -2.61. The van der Waals surface area contributed by atoms with Gasteiger partial charge in [-0.05, 0) is 13.8 Å². The molecule has 0 heterocycles. The number of ether oxygens (including phenoxy) is 3. The summed E-state index contributed by atoms with van der Waals surface area (Å²) in [6.07, 6.45) is 0.817.